The molecule has 0 radical (unpaired) electrons. The van der Waals surface area contributed by atoms with Crippen LogP contribution in [0.2, 0.25) is 10.0 Å². The summed E-state index contributed by atoms with van der Waals surface area (Å²) in [4.78, 5) is 19.8. The lowest BCUT2D eigenvalue weighted by Crippen LogP contribution is -2.43. The van der Waals surface area contributed by atoms with Crippen LogP contribution in [0.1, 0.15) is 79.1 Å². The minimum atomic E-state index is -1.09. The maximum Gasteiger partial charge on any atom is 0.354 e. The second-order valence-corrected chi connectivity index (χ2v) is 13.1. The van der Waals surface area contributed by atoms with E-state index in [-0.39, 0.29) is 16.5 Å². The van der Waals surface area contributed by atoms with Gasteiger partial charge in [0.2, 0.25) is 0 Å². The van der Waals surface area contributed by atoms with Gasteiger partial charge in [0.1, 0.15) is 23.0 Å². The van der Waals surface area contributed by atoms with Crippen LogP contribution in [-0.4, -0.2) is 39.9 Å². The number of benzene rings is 1. The van der Waals surface area contributed by atoms with Gasteiger partial charge in [0.15, 0.2) is 5.69 Å². The van der Waals surface area contributed by atoms with Crippen molar-refractivity contribution in [1.82, 2.24) is 15.1 Å². The van der Waals surface area contributed by atoms with Gasteiger partial charge in [-0.2, -0.15) is 0 Å². The van der Waals surface area contributed by atoms with E-state index in [0.29, 0.717) is 45.1 Å². The van der Waals surface area contributed by atoms with Gasteiger partial charge < -0.3 is 19.1 Å². The van der Waals surface area contributed by atoms with E-state index in [9.17, 15) is 9.90 Å². The number of carboxylic acids is 1. The number of allylic oxidation sites excluding steroid dienone is 1. The van der Waals surface area contributed by atoms with E-state index < -0.39 is 5.97 Å². The van der Waals surface area contributed by atoms with Gasteiger partial charge in [-0.1, -0.05) is 40.5 Å². The largest absolute Gasteiger partial charge is 0.496 e. The molecule has 3 heterocycles. The summed E-state index contributed by atoms with van der Waals surface area (Å²) in [7, 11) is 1.53. The first-order chi connectivity index (χ1) is 20.8. The summed E-state index contributed by atoms with van der Waals surface area (Å²) in [6.45, 7) is 0.641. The third kappa shape index (κ3) is 5.25. The molecule has 43 heavy (non-hydrogen) atoms. The number of carboxylic acid groups (broad SMARTS) is 1. The average Bonchev–Trinajstić information content (AvgIpc) is 3.79. The lowest BCUT2D eigenvalue weighted by atomic mass is 9.54. The van der Waals surface area contributed by atoms with E-state index >= 15 is 0 Å². The summed E-state index contributed by atoms with van der Waals surface area (Å²) in [5.41, 5.74) is 3.11. The molecular weight excluding hydrogens is 589 g/mol. The number of halogens is 2. The van der Waals surface area contributed by atoms with Gasteiger partial charge in [0, 0.05) is 46.3 Å². The zero-order chi connectivity index (χ0) is 29.8. The number of aromatic carboxylic acids is 1. The minimum Gasteiger partial charge on any atom is -0.496 e. The summed E-state index contributed by atoms with van der Waals surface area (Å²) in [5, 5.41) is 15.4. The van der Waals surface area contributed by atoms with Gasteiger partial charge in [-0.25, -0.2) is 9.78 Å². The molecule has 4 saturated carbocycles. The van der Waals surface area contributed by atoms with Crippen LogP contribution in [0.4, 0.5) is 0 Å². The quantitative estimate of drug-likeness (QED) is 0.198. The number of methoxy groups -OCH3 is 1. The molecule has 3 aromatic heterocycles. The van der Waals surface area contributed by atoms with Crippen molar-refractivity contribution in [2.45, 2.75) is 57.3 Å². The molecule has 0 saturated heterocycles. The van der Waals surface area contributed by atoms with Crippen LogP contribution >= 0.6 is 23.2 Å². The van der Waals surface area contributed by atoms with Crippen LogP contribution in [0.5, 0.6) is 11.5 Å². The molecule has 0 aliphatic heterocycles. The number of carbonyl (C=O) groups is 1. The fourth-order valence-corrected chi connectivity index (χ4v) is 7.27. The first-order valence-electron chi connectivity index (χ1n) is 14.6. The molecule has 0 spiro atoms. The molecule has 222 valence electrons. The second kappa shape index (κ2) is 10.8. The Kier molecular flexibility index (Phi) is 7.09. The second-order valence-electron chi connectivity index (χ2n) is 12.2. The van der Waals surface area contributed by atoms with Crippen LogP contribution in [0, 0.1) is 10.8 Å². The van der Waals surface area contributed by atoms with Crippen LogP contribution < -0.4 is 9.47 Å². The third-order valence-electron chi connectivity index (χ3n) is 9.58. The van der Waals surface area contributed by atoms with Crippen LogP contribution in [0.25, 0.3) is 28.2 Å². The Balaban J connectivity index is 1.07. The van der Waals surface area contributed by atoms with Crippen LogP contribution in [0.15, 0.2) is 47.3 Å². The number of nitrogens with zero attached hydrogens (tertiary/aromatic N) is 3. The van der Waals surface area contributed by atoms with E-state index in [1.54, 1.807) is 18.5 Å². The van der Waals surface area contributed by atoms with Gasteiger partial charge in [-0.15, -0.1) is 0 Å². The smallest absolute Gasteiger partial charge is 0.354 e. The summed E-state index contributed by atoms with van der Waals surface area (Å²) >= 11 is 13.0. The predicted molar refractivity (Wildman–Crippen MR) is 164 cm³/mol. The van der Waals surface area contributed by atoms with E-state index in [0.717, 1.165) is 73.8 Å². The van der Waals surface area contributed by atoms with Crippen molar-refractivity contribution >= 4 is 46.2 Å². The molecular formula is C33H31Cl2N3O5. The fraction of sp³-hybridized carbons (Fsp3) is 0.394. The Morgan fingerprint density at radius 3 is 2.47 bits per heavy atom. The molecule has 4 aliphatic rings. The number of hydrogen-bond acceptors (Lipinski definition) is 7. The Morgan fingerprint density at radius 1 is 1.09 bits per heavy atom. The number of pyridine rings is 2. The number of hydrogen-bond donors (Lipinski definition) is 1. The number of aromatic nitrogens is 3. The SMILES string of the molecule is COc1cc(C(=O)O)nc2ccc(OCC34CCC(C=Cc5c(-c6c(Cl)cncc6Cl)noc5C5CC5)(CC3)CC4)cc12. The van der Waals surface area contributed by atoms with Crippen molar-refractivity contribution in [3.8, 4) is 22.8 Å². The first-order valence-corrected chi connectivity index (χ1v) is 15.4. The molecule has 1 aromatic carbocycles. The minimum absolute atomic E-state index is 0.0483. The highest BCUT2D eigenvalue weighted by molar-refractivity contribution is 6.39. The van der Waals surface area contributed by atoms with E-state index in [1.165, 1.54) is 13.2 Å². The van der Waals surface area contributed by atoms with Gasteiger partial charge in [0.05, 0.1) is 29.3 Å². The zero-order valence-electron chi connectivity index (χ0n) is 23.7. The van der Waals surface area contributed by atoms with Gasteiger partial charge in [0.25, 0.3) is 0 Å². The molecule has 1 N–H and O–H groups in total. The standard InChI is InChI=1S/C33H31Cl2N3O5/c1-41-27-15-26(31(39)40)37-25-5-4-20(14-22(25)27)42-18-33-11-8-32(9-12-33,10-13-33)7-6-21-29(38-43-30(21)19-2-3-19)28-23(34)16-36-17-24(28)35/h4-7,14-17,19H,2-3,8-13,18H2,1H3,(H,39,40). The van der Waals surface area contributed by atoms with Gasteiger partial charge in [-0.3, -0.25) is 4.98 Å². The fourth-order valence-electron chi connectivity index (χ4n) is 6.73. The van der Waals surface area contributed by atoms with Crippen molar-refractivity contribution in [2.24, 2.45) is 10.8 Å². The highest BCUT2D eigenvalue weighted by atomic mass is 35.5. The number of fused-ring (bicyclic) bond motifs is 4. The molecule has 8 rings (SSSR count). The van der Waals surface area contributed by atoms with Crippen molar-refractivity contribution in [3.05, 3.63) is 69.8 Å². The maximum atomic E-state index is 11.4. The first kappa shape index (κ1) is 28.2. The topological polar surface area (TPSA) is 108 Å². The molecule has 4 fully saturated rings. The summed E-state index contributed by atoms with van der Waals surface area (Å²) in [6.07, 6.45) is 16.5. The Hall–Kier alpha value is -3.62. The van der Waals surface area contributed by atoms with Gasteiger partial charge >= 0.3 is 5.97 Å². The Morgan fingerprint density at radius 2 is 1.81 bits per heavy atom. The molecule has 8 nitrogen and oxygen atoms in total. The lowest BCUT2D eigenvalue weighted by Gasteiger charge is -2.52. The molecule has 4 aliphatic carbocycles. The molecule has 10 heteroatoms. The van der Waals surface area contributed by atoms with Crippen LogP contribution in [-0.2, 0) is 0 Å². The molecule has 4 aromatic rings. The van der Waals surface area contributed by atoms with E-state index in [4.69, 9.17) is 37.2 Å². The molecule has 0 amide bonds. The van der Waals surface area contributed by atoms with Crippen molar-refractivity contribution in [3.63, 3.8) is 0 Å². The summed E-state index contributed by atoms with van der Waals surface area (Å²) < 4.78 is 17.7. The summed E-state index contributed by atoms with van der Waals surface area (Å²) in [6, 6.07) is 6.97. The maximum absolute atomic E-state index is 11.4. The zero-order valence-corrected chi connectivity index (χ0v) is 25.2. The van der Waals surface area contributed by atoms with Crippen LogP contribution in [0.3, 0.4) is 0 Å². The molecule has 0 unspecified atom stereocenters. The normalized spacial score (nSPS) is 23.2. The predicted octanol–water partition coefficient (Wildman–Crippen LogP) is 8.61. The number of ether oxygens (including phenoxy) is 2. The third-order valence-corrected chi connectivity index (χ3v) is 10.2. The van der Waals surface area contributed by atoms with Crippen molar-refractivity contribution < 1.29 is 23.9 Å². The van der Waals surface area contributed by atoms with Crippen molar-refractivity contribution in [2.75, 3.05) is 13.7 Å². The van der Waals surface area contributed by atoms with Crippen molar-refractivity contribution in [1.29, 1.82) is 0 Å². The average molecular weight is 621 g/mol. The monoisotopic (exact) mass is 619 g/mol. The number of rotatable bonds is 9. The van der Waals surface area contributed by atoms with E-state index in [1.807, 2.05) is 12.1 Å². The van der Waals surface area contributed by atoms with E-state index in [2.05, 4.69) is 27.3 Å². The van der Waals surface area contributed by atoms with Gasteiger partial charge in [-0.05, 0) is 75.0 Å². The molecule has 2 bridgehead atoms. The lowest BCUT2D eigenvalue weighted by molar-refractivity contribution is -0.0122. The molecule has 0 atom stereocenters. The summed E-state index contributed by atoms with van der Waals surface area (Å²) in [5.74, 6) is 1.42. The highest BCUT2D eigenvalue weighted by Crippen LogP contribution is 2.58. The Labute approximate surface area is 259 Å². The highest BCUT2D eigenvalue weighted by Gasteiger charge is 2.48. The Bertz CT molecular complexity index is 1720.